The number of hydrogen-bond donors (Lipinski definition) is 0. The fraction of sp³-hybridized carbons (Fsp3) is 0.600. The maximum absolute atomic E-state index is 3.71. The lowest BCUT2D eigenvalue weighted by Crippen LogP contribution is -1.77. The lowest BCUT2D eigenvalue weighted by molar-refractivity contribution is 0.792. The van der Waals surface area contributed by atoms with E-state index in [0.717, 1.165) is 0 Å². The van der Waals surface area contributed by atoms with Gasteiger partial charge in [-0.1, -0.05) is 17.7 Å². The Labute approximate surface area is 63.6 Å². The van der Waals surface area contributed by atoms with Crippen LogP contribution < -0.4 is 0 Å². The summed E-state index contributed by atoms with van der Waals surface area (Å²) in [6.45, 7) is 3.71. The SMILES string of the molecule is C=CCCCC1=CCCC1. The van der Waals surface area contributed by atoms with Crippen molar-refractivity contribution in [3.05, 3.63) is 24.3 Å². The molecule has 0 aromatic rings. The molecule has 0 heterocycles. The van der Waals surface area contributed by atoms with Crippen molar-refractivity contribution in [2.24, 2.45) is 0 Å². The third kappa shape index (κ3) is 2.38. The second-order valence-corrected chi connectivity index (χ2v) is 2.94. The fourth-order valence-electron chi connectivity index (χ4n) is 1.44. The molecule has 0 nitrogen and oxygen atoms in total. The van der Waals surface area contributed by atoms with Crippen LogP contribution in [-0.4, -0.2) is 0 Å². The van der Waals surface area contributed by atoms with Gasteiger partial charge in [0.05, 0.1) is 0 Å². The number of allylic oxidation sites excluding steroid dienone is 3. The predicted molar refractivity (Wildman–Crippen MR) is 46.0 cm³/mol. The summed E-state index contributed by atoms with van der Waals surface area (Å²) in [6.07, 6.45) is 12.3. The lowest BCUT2D eigenvalue weighted by atomic mass is 10.1. The summed E-state index contributed by atoms with van der Waals surface area (Å²) >= 11 is 0. The van der Waals surface area contributed by atoms with Crippen molar-refractivity contribution in [1.82, 2.24) is 0 Å². The van der Waals surface area contributed by atoms with E-state index in [2.05, 4.69) is 12.7 Å². The Kier molecular flexibility index (Phi) is 3.28. The summed E-state index contributed by atoms with van der Waals surface area (Å²) in [5.41, 5.74) is 1.68. The van der Waals surface area contributed by atoms with Crippen molar-refractivity contribution in [3.63, 3.8) is 0 Å². The van der Waals surface area contributed by atoms with E-state index < -0.39 is 0 Å². The van der Waals surface area contributed by atoms with Crippen LogP contribution in [0, 0.1) is 0 Å². The van der Waals surface area contributed by atoms with Gasteiger partial charge in [0.15, 0.2) is 0 Å². The van der Waals surface area contributed by atoms with Crippen LogP contribution in [0.2, 0.25) is 0 Å². The normalized spacial score (nSPS) is 17.0. The van der Waals surface area contributed by atoms with E-state index in [1.807, 2.05) is 6.08 Å². The maximum atomic E-state index is 3.71. The summed E-state index contributed by atoms with van der Waals surface area (Å²) in [4.78, 5) is 0. The summed E-state index contributed by atoms with van der Waals surface area (Å²) < 4.78 is 0. The van der Waals surface area contributed by atoms with Gasteiger partial charge >= 0.3 is 0 Å². The zero-order valence-corrected chi connectivity index (χ0v) is 6.60. The van der Waals surface area contributed by atoms with Gasteiger partial charge in [0.2, 0.25) is 0 Å². The quantitative estimate of drug-likeness (QED) is 0.410. The average Bonchev–Trinajstić information content (AvgIpc) is 2.41. The van der Waals surface area contributed by atoms with E-state index in [1.165, 1.54) is 38.5 Å². The smallest absolute Gasteiger partial charge is 0.0317 e. The van der Waals surface area contributed by atoms with Crippen LogP contribution in [0.1, 0.15) is 38.5 Å². The van der Waals surface area contributed by atoms with Crippen LogP contribution in [0.5, 0.6) is 0 Å². The van der Waals surface area contributed by atoms with Crippen LogP contribution in [0.25, 0.3) is 0 Å². The highest BCUT2D eigenvalue weighted by Crippen LogP contribution is 2.22. The molecule has 0 fully saturated rings. The second-order valence-electron chi connectivity index (χ2n) is 2.94. The summed E-state index contributed by atoms with van der Waals surface area (Å²) in [5.74, 6) is 0. The minimum Gasteiger partial charge on any atom is -0.103 e. The summed E-state index contributed by atoms with van der Waals surface area (Å²) in [5, 5.41) is 0. The van der Waals surface area contributed by atoms with Crippen LogP contribution in [0.3, 0.4) is 0 Å². The van der Waals surface area contributed by atoms with Gasteiger partial charge in [0, 0.05) is 0 Å². The van der Waals surface area contributed by atoms with Gasteiger partial charge in [-0.2, -0.15) is 0 Å². The molecule has 1 aliphatic carbocycles. The zero-order chi connectivity index (χ0) is 7.23. The third-order valence-electron chi connectivity index (χ3n) is 2.04. The Hall–Kier alpha value is -0.520. The van der Waals surface area contributed by atoms with E-state index in [4.69, 9.17) is 0 Å². The van der Waals surface area contributed by atoms with Crippen molar-refractivity contribution in [1.29, 1.82) is 0 Å². The van der Waals surface area contributed by atoms with Gasteiger partial charge in [-0.3, -0.25) is 0 Å². The van der Waals surface area contributed by atoms with Crippen LogP contribution in [0.4, 0.5) is 0 Å². The first kappa shape index (κ1) is 7.59. The standard InChI is InChI=1S/C10H16/c1-2-3-4-7-10-8-5-6-9-10/h2,8H,1,3-7,9H2. The molecule has 0 aliphatic heterocycles. The van der Waals surface area contributed by atoms with E-state index in [9.17, 15) is 0 Å². The van der Waals surface area contributed by atoms with E-state index in [0.29, 0.717) is 0 Å². The Morgan fingerprint density at radius 2 is 2.50 bits per heavy atom. The molecule has 0 N–H and O–H groups in total. The molecule has 0 atom stereocenters. The summed E-state index contributed by atoms with van der Waals surface area (Å²) in [7, 11) is 0. The van der Waals surface area contributed by atoms with Crippen LogP contribution >= 0.6 is 0 Å². The molecule has 0 amide bonds. The van der Waals surface area contributed by atoms with Gasteiger partial charge < -0.3 is 0 Å². The minimum absolute atomic E-state index is 1.18. The first-order chi connectivity index (χ1) is 4.93. The topological polar surface area (TPSA) is 0 Å². The fourth-order valence-corrected chi connectivity index (χ4v) is 1.44. The zero-order valence-electron chi connectivity index (χ0n) is 6.60. The van der Waals surface area contributed by atoms with Crippen molar-refractivity contribution < 1.29 is 0 Å². The van der Waals surface area contributed by atoms with Crippen molar-refractivity contribution >= 4 is 0 Å². The van der Waals surface area contributed by atoms with Crippen molar-refractivity contribution in [3.8, 4) is 0 Å². The van der Waals surface area contributed by atoms with Gasteiger partial charge in [-0.15, -0.1) is 6.58 Å². The molecule has 0 aromatic heterocycles. The largest absolute Gasteiger partial charge is 0.103 e. The molecule has 0 heteroatoms. The first-order valence-corrected chi connectivity index (χ1v) is 4.22. The molecule has 0 spiro atoms. The van der Waals surface area contributed by atoms with Crippen LogP contribution in [-0.2, 0) is 0 Å². The molecular weight excluding hydrogens is 120 g/mol. The number of hydrogen-bond acceptors (Lipinski definition) is 0. The van der Waals surface area contributed by atoms with Crippen molar-refractivity contribution in [2.45, 2.75) is 38.5 Å². The summed E-state index contributed by atoms with van der Waals surface area (Å²) in [6, 6.07) is 0. The number of rotatable bonds is 4. The molecule has 56 valence electrons. The second kappa shape index (κ2) is 4.32. The monoisotopic (exact) mass is 136 g/mol. The van der Waals surface area contributed by atoms with Gasteiger partial charge in [-0.25, -0.2) is 0 Å². The molecule has 0 aromatic carbocycles. The highest BCUT2D eigenvalue weighted by molar-refractivity contribution is 5.07. The van der Waals surface area contributed by atoms with E-state index >= 15 is 0 Å². The van der Waals surface area contributed by atoms with E-state index in [1.54, 1.807) is 5.57 Å². The molecule has 0 saturated heterocycles. The Balaban J connectivity index is 2.06. The van der Waals surface area contributed by atoms with Gasteiger partial charge in [-0.05, 0) is 38.5 Å². The van der Waals surface area contributed by atoms with E-state index in [-0.39, 0.29) is 0 Å². The molecular formula is C10H16. The Morgan fingerprint density at radius 1 is 1.60 bits per heavy atom. The van der Waals surface area contributed by atoms with Gasteiger partial charge in [0.25, 0.3) is 0 Å². The van der Waals surface area contributed by atoms with Crippen LogP contribution in [0.15, 0.2) is 24.3 Å². The predicted octanol–water partition coefficient (Wildman–Crippen LogP) is 3.45. The average molecular weight is 136 g/mol. The molecule has 0 unspecified atom stereocenters. The highest BCUT2D eigenvalue weighted by Gasteiger charge is 2.02. The first-order valence-electron chi connectivity index (χ1n) is 4.22. The highest BCUT2D eigenvalue weighted by atomic mass is 14.1. The molecule has 10 heavy (non-hydrogen) atoms. The number of unbranched alkanes of at least 4 members (excludes halogenated alkanes) is 1. The lowest BCUT2D eigenvalue weighted by Gasteiger charge is -1.97. The molecule has 0 radical (unpaired) electrons. The Morgan fingerprint density at radius 3 is 3.10 bits per heavy atom. The molecule has 0 saturated carbocycles. The van der Waals surface area contributed by atoms with Gasteiger partial charge in [0.1, 0.15) is 0 Å². The molecule has 1 aliphatic rings. The third-order valence-corrected chi connectivity index (χ3v) is 2.04. The molecule has 0 bridgehead atoms. The maximum Gasteiger partial charge on any atom is -0.0317 e. The molecule has 1 rings (SSSR count). The Bertz CT molecular complexity index is 131. The van der Waals surface area contributed by atoms with Crippen molar-refractivity contribution in [2.75, 3.05) is 0 Å². The minimum atomic E-state index is 1.18.